The van der Waals surface area contributed by atoms with E-state index in [0.29, 0.717) is 5.75 Å². The summed E-state index contributed by atoms with van der Waals surface area (Å²) in [5.74, 6) is -2.56. The van der Waals surface area contributed by atoms with E-state index in [1.807, 2.05) is 6.07 Å². The lowest BCUT2D eigenvalue weighted by molar-refractivity contribution is 0.332. The summed E-state index contributed by atoms with van der Waals surface area (Å²) in [6.07, 6.45) is 0. The van der Waals surface area contributed by atoms with Gasteiger partial charge in [-0.3, -0.25) is 4.52 Å². The maximum absolute atomic E-state index is 6.19. The number of benzene rings is 1. The van der Waals surface area contributed by atoms with Gasteiger partial charge in [0, 0.05) is 27.5 Å². The summed E-state index contributed by atoms with van der Waals surface area (Å²) in [5.41, 5.74) is 0. The summed E-state index contributed by atoms with van der Waals surface area (Å²) >= 11 is 30.7. The third-order valence-corrected chi connectivity index (χ3v) is 15.7. The van der Waals surface area contributed by atoms with Gasteiger partial charge in [-0.2, -0.15) is 9.04 Å². The molecule has 1 aromatic rings. The van der Waals surface area contributed by atoms with E-state index in [1.54, 1.807) is 24.3 Å². The molecule has 0 radical (unpaired) electrons. The van der Waals surface area contributed by atoms with Crippen molar-refractivity contribution in [1.82, 2.24) is 7.92 Å². The van der Waals surface area contributed by atoms with Crippen molar-refractivity contribution >= 4 is 78.8 Å². The molecule has 1 heterocycles. The zero-order valence-electron chi connectivity index (χ0n) is 9.78. The zero-order chi connectivity index (χ0) is 15.0. The van der Waals surface area contributed by atoms with Gasteiger partial charge in [0.15, 0.2) is 5.75 Å². The Morgan fingerprint density at radius 2 is 1.85 bits per heavy atom. The van der Waals surface area contributed by atoms with Crippen LogP contribution in [0.4, 0.5) is 0 Å². The van der Waals surface area contributed by atoms with Crippen LogP contribution in [-0.4, -0.2) is 15.0 Å². The van der Waals surface area contributed by atoms with E-state index in [-0.39, 0.29) is 0 Å². The van der Waals surface area contributed by atoms with E-state index in [4.69, 9.17) is 66.3 Å². The summed E-state index contributed by atoms with van der Waals surface area (Å²) in [6, 6.07) is 8.87. The molecule has 2 rings (SSSR count). The second kappa shape index (κ2) is 6.91. The van der Waals surface area contributed by atoms with Crippen molar-refractivity contribution in [2.75, 3.05) is 7.11 Å². The van der Waals surface area contributed by atoms with Crippen molar-refractivity contribution in [3.8, 4) is 5.75 Å². The number of halogens is 5. The molecule has 0 fully saturated rings. The van der Waals surface area contributed by atoms with Gasteiger partial charge in [-0.05, 0) is 45.9 Å². The third kappa shape index (κ3) is 3.35. The molecular weight excluding hydrogens is 428 g/mol. The Balaban J connectivity index is 2.45. The van der Waals surface area contributed by atoms with Crippen LogP contribution in [0.25, 0.3) is 0 Å². The maximum Gasteiger partial charge on any atom is 0.523 e. The highest BCUT2D eigenvalue weighted by molar-refractivity contribution is 8.17. The van der Waals surface area contributed by atoms with E-state index in [9.17, 15) is 0 Å². The Morgan fingerprint density at radius 1 is 1.25 bits per heavy atom. The number of hydrogen-bond donors (Lipinski definition) is 0. The van der Waals surface area contributed by atoms with Crippen molar-refractivity contribution in [3.05, 3.63) is 30.3 Å². The average Bonchev–Trinajstić information content (AvgIpc) is 2.42. The minimum absolute atomic E-state index is 0.495. The molecule has 0 aliphatic carbocycles. The Bertz CT molecular complexity index is 534. The number of rotatable bonds is 3. The van der Waals surface area contributed by atoms with Crippen molar-refractivity contribution < 1.29 is 9.05 Å². The van der Waals surface area contributed by atoms with Gasteiger partial charge >= 0.3 is 8.02 Å². The molecule has 0 saturated heterocycles. The smallest absolute Gasteiger partial charge is 0.276 e. The molecule has 0 amide bonds. The molecule has 2 unspecified atom stereocenters. The lowest BCUT2D eigenvalue weighted by Crippen LogP contribution is -2.26. The minimum atomic E-state index is -3.17. The van der Waals surface area contributed by atoms with E-state index in [2.05, 4.69) is 4.52 Å². The molecule has 20 heavy (non-hydrogen) atoms. The molecule has 0 aromatic heterocycles. The Morgan fingerprint density at radius 3 is 2.40 bits per heavy atom. The first-order chi connectivity index (χ1) is 9.33. The summed E-state index contributed by atoms with van der Waals surface area (Å²) in [4.78, 5) is 0. The molecule has 2 atom stereocenters. The molecular formula is C7H8Cl5N3O2P3+. The van der Waals surface area contributed by atoms with E-state index in [1.165, 1.54) is 7.11 Å². The van der Waals surface area contributed by atoms with Crippen LogP contribution < -0.4 is 4.52 Å². The van der Waals surface area contributed by atoms with Crippen LogP contribution in [0.3, 0.4) is 0 Å². The van der Waals surface area contributed by atoms with Crippen LogP contribution in [0.5, 0.6) is 5.75 Å². The molecule has 0 spiro atoms. The van der Waals surface area contributed by atoms with Gasteiger partial charge in [0.25, 0.3) is 13.5 Å². The van der Waals surface area contributed by atoms with Crippen molar-refractivity contribution in [2.24, 2.45) is 4.52 Å². The third-order valence-electron chi connectivity index (χ3n) is 2.14. The monoisotopic (exact) mass is 434 g/mol. The fraction of sp³-hybridized carbons (Fsp3) is 0.143. The highest BCUT2D eigenvalue weighted by Gasteiger charge is 2.68. The zero-order valence-corrected chi connectivity index (χ0v) is 16.2. The second-order valence-corrected chi connectivity index (χ2v) is 15.1. The molecule has 0 saturated carbocycles. The maximum atomic E-state index is 6.19. The van der Waals surface area contributed by atoms with Gasteiger partial charge in [-0.25, -0.2) is 0 Å². The molecule has 1 aliphatic rings. The van der Waals surface area contributed by atoms with Gasteiger partial charge in [0.1, 0.15) is 0 Å². The van der Waals surface area contributed by atoms with Crippen LogP contribution in [-0.2, 0) is 4.52 Å². The Labute approximate surface area is 143 Å². The van der Waals surface area contributed by atoms with Gasteiger partial charge in [-0.15, -0.1) is 0 Å². The van der Waals surface area contributed by atoms with Crippen LogP contribution in [0.15, 0.2) is 34.8 Å². The number of hydrogen-bond acceptors (Lipinski definition) is 5. The summed E-state index contributed by atoms with van der Waals surface area (Å²) in [5, 5.41) is 0. The fourth-order valence-corrected chi connectivity index (χ4v) is 14.2. The first-order valence-corrected chi connectivity index (χ1v) is 12.8. The summed E-state index contributed by atoms with van der Waals surface area (Å²) in [7, 11) is -3.48. The molecule has 0 N–H and O–H groups in total. The first-order valence-electron chi connectivity index (χ1n) is 4.93. The van der Waals surface area contributed by atoms with Gasteiger partial charge in [-0.1, -0.05) is 18.2 Å². The molecule has 1 aromatic carbocycles. The number of para-hydroxylation sites is 1. The van der Waals surface area contributed by atoms with Crippen LogP contribution in [0.2, 0.25) is 0 Å². The summed E-state index contributed by atoms with van der Waals surface area (Å²) in [6.45, 7) is 0. The quantitative estimate of drug-likeness (QED) is 0.371. The average molecular weight is 436 g/mol. The van der Waals surface area contributed by atoms with Gasteiger partial charge in [0.05, 0.1) is 11.1 Å². The highest BCUT2D eigenvalue weighted by atomic mass is 35.9. The largest absolute Gasteiger partial charge is 0.523 e. The van der Waals surface area contributed by atoms with Gasteiger partial charge in [0.2, 0.25) is 0 Å². The topological polar surface area (TPSA) is 37.3 Å². The highest BCUT2D eigenvalue weighted by Crippen LogP contribution is 2.91. The molecule has 1 aliphatic heterocycles. The minimum Gasteiger partial charge on any atom is -0.276 e. The molecule has 13 heteroatoms. The van der Waals surface area contributed by atoms with Crippen molar-refractivity contribution in [2.45, 2.75) is 0 Å². The van der Waals surface area contributed by atoms with Gasteiger partial charge < -0.3 is 0 Å². The molecule has 112 valence electrons. The lowest BCUT2D eigenvalue weighted by Gasteiger charge is -2.35. The van der Waals surface area contributed by atoms with E-state index >= 15 is 0 Å². The normalized spacial score (nSPS) is 30.8. The van der Waals surface area contributed by atoms with E-state index in [0.717, 1.165) is 7.92 Å². The van der Waals surface area contributed by atoms with Crippen LogP contribution in [0, 0.1) is 0 Å². The predicted molar refractivity (Wildman–Crippen MR) is 90.2 cm³/mol. The predicted octanol–water partition coefficient (Wildman–Crippen LogP) is 7.20. The standard InChI is InChI=1S/C7H8Cl5N3O2P3/c1-16-20(17-7-5-3-2-4-6-7)14(8)18(10)13-19(11,12)15(20)9/h2-6H,1H3/q+1. The first kappa shape index (κ1) is 17.8. The second-order valence-electron chi connectivity index (χ2n) is 3.34. The molecule has 5 nitrogen and oxygen atoms in total. The Hall–Kier alpha value is 1.44. The van der Waals surface area contributed by atoms with Crippen molar-refractivity contribution in [1.29, 1.82) is 0 Å². The van der Waals surface area contributed by atoms with Crippen molar-refractivity contribution in [3.63, 3.8) is 0 Å². The fourth-order valence-electron chi connectivity index (χ4n) is 1.30. The Kier molecular flexibility index (Phi) is 6.14. The summed E-state index contributed by atoms with van der Waals surface area (Å²) < 4.78 is 17.4. The SMILES string of the molecule is CO[P+]1(Oc2ccccc2)N(Cl)P(Cl)N=P(Cl)(Cl)N1Cl. The van der Waals surface area contributed by atoms with Crippen LogP contribution in [0.1, 0.15) is 0 Å². The number of nitrogens with zero attached hydrogens (tertiary/aromatic N) is 3. The lowest BCUT2D eigenvalue weighted by atomic mass is 10.3. The molecule has 0 bridgehead atoms. The van der Waals surface area contributed by atoms with Crippen LogP contribution >= 0.6 is 78.8 Å². The van der Waals surface area contributed by atoms with E-state index < -0.39 is 21.5 Å².